The van der Waals surface area contributed by atoms with E-state index in [2.05, 4.69) is 22.6 Å². The molecular formula is C14H25N3O. The van der Waals surface area contributed by atoms with Gasteiger partial charge in [0.2, 0.25) is 5.91 Å². The Kier molecular flexibility index (Phi) is 3.57. The maximum Gasteiger partial charge on any atom is 0.237 e. The lowest BCUT2D eigenvalue weighted by Crippen LogP contribution is -2.52. The maximum absolute atomic E-state index is 12.4. The van der Waals surface area contributed by atoms with Crippen LogP contribution in [0.2, 0.25) is 0 Å². The van der Waals surface area contributed by atoms with Gasteiger partial charge in [0.15, 0.2) is 0 Å². The minimum Gasteiger partial charge on any atom is -0.351 e. The predicted molar refractivity (Wildman–Crippen MR) is 71.3 cm³/mol. The summed E-state index contributed by atoms with van der Waals surface area (Å²) in [5, 5.41) is 6.69. The first kappa shape index (κ1) is 12.4. The summed E-state index contributed by atoms with van der Waals surface area (Å²) in [5.74, 6) is 1.62. The summed E-state index contributed by atoms with van der Waals surface area (Å²) >= 11 is 0. The molecule has 0 aromatic carbocycles. The molecular weight excluding hydrogens is 226 g/mol. The van der Waals surface area contributed by atoms with Crippen molar-refractivity contribution in [3.05, 3.63) is 0 Å². The molecule has 2 heterocycles. The van der Waals surface area contributed by atoms with Crippen LogP contribution in [0, 0.1) is 11.8 Å². The van der Waals surface area contributed by atoms with Gasteiger partial charge in [-0.05, 0) is 57.7 Å². The van der Waals surface area contributed by atoms with Gasteiger partial charge in [-0.3, -0.25) is 4.79 Å². The molecule has 1 saturated carbocycles. The second-order valence-electron chi connectivity index (χ2n) is 6.35. The van der Waals surface area contributed by atoms with Crippen LogP contribution in [0.25, 0.3) is 0 Å². The number of likely N-dealkylation sites (tertiary alicyclic amines) is 1. The highest BCUT2D eigenvalue weighted by atomic mass is 16.2. The summed E-state index contributed by atoms with van der Waals surface area (Å²) in [6.45, 7) is 3.22. The van der Waals surface area contributed by atoms with Crippen molar-refractivity contribution in [2.45, 2.75) is 44.2 Å². The fraction of sp³-hybridized carbons (Fsp3) is 0.929. The van der Waals surface area contributed by atoms with Crippen LogP contribution in [0.3, 0.4) is 0 Å². The van der Waals surface area contributed by atoms with Crippen LogP contribution in [0.5, 0.6) is 0 Å². The van der Waals surface area contributed by atoms with Crippen molar-refractivity contribution in [2.24, 2.45) is 11.8 Å². The summed E-state index contributed by atoms with van der Waals surface area (Å²) in [5.41, 5.74) is 0. The molecule has 1 aliphatic carbocycles. The van der Waals surface area contributed by atoms with E-state index >= 15 is 0 Å². The van der Waals surface area contributed by atoms with E-state index in [9.17, 15) is 4.79 Å². The fourth-order valence-corrected chi connectivity index (χ4v) is 4.05. The van der Waals surface area contributed by atoms with Crippen molar-refractivity contribution in [3.8, 4) is 0 Å². The van der Waals surface area contributed by atoms with Gasteiger partial charge in [0.25, 0.3) is 0 Å². The average molecular weight is 251 g/mol. The predicted octanol–water partition coefficient (Wildman–Crippen LogP) is 0.585. The molecule has 4 heteroatoms. The zero-order chi connectivity index (χ0) is 12.5. The lowest BCUT2D eigenvalue weighted by molar-refractivity contribution is -0.124. The van der Waals surface area contributed by atoms with Crippen molar-refractivity contribution in [1.29, 1.82) is 0 Å². The molecule has 3 aliphatic rings. The summed E-state index contributed by atoms with van der Waals surface area (Å²) in [7, 11) is 2.14. The molecule has 4 atom stereocenters. The summed E-state index contributed by atoms with van der Waals surface area (Å²) in [6, 6.07) is 0.447. The van der Waals surface area contributed by atoms with E-state index < -0.39 is 0 Å². The van der Waals surface area contributed by atoms with E-state index in [4.69, 9.17) is 0 Å². The van der Waals surface area contributed by atoms with Gasteiger partial charge in [-0.15, -0.1) is 0 Å². The highest BCUT2D eigenvalue weighted by molar-refractivity contribution is 5.83. The normalized spacial score (nSPS) is 40.7. The number of hydrogen-bond acceptors (Lipinski definition) is 3. The van der Waals surface area contributed by atoms with Crippen LogP contribution < -0.4 is 10.6 Å². The lowest BCUT2D eigenvalue weighted by Gasteiger charge is -2.31. The molecule has 4 nitrogen and oxygen atoms in total. The second-order valence-corrected chi connectivity index (χ2v) is 6.35. The zero-order valence-corrected chi connectivity index (χ0v) is 11.3. The van der Waals surface area contributed by atoms with Crippen LogP contribution in [-0.4, -0.2) is 49.6 Å². The van der Waals surface area contributed by atoms with E-state index in [-0.39, 0.29) is 11.9 Å². The molecule has 3 rings (SSSR count). The first-order valence-corrected chi connectivity index (χ1v) is 7.46. The molecule has 102 valence electrons. The molecule has 3 fully saturated rings. The van der Waals surface area contributed by atoms with E-state index in [1.807, 2.05) is 0 Å². The Morgan fingerprint density at radius 2 is 2.17 bits per heavy atom. The van der Waals surface area contributed by atoms with Gasteiger partial charge >= 0.3 is 0 Å². The number of fused-ring (bicyclic) bond motifs is 1. The van der Waals surface area contributed by atoms with Crippen molar-refractivity contribution in [2.75, 3.05) is 26.7 Å². The van der Waals surface area contributed by atoms with Crippen LogP contribution in [-0.2, 0) is 4.79 Å². The van der Waals surface area contributed by atoms with Crippen LogP contribution >= 0.6 is 0 Å². The number of nitrogens with zero attached hydrogens (tertiary/aromatic N) is 1. The Labute approximate surface area is 109 Å². The number of amides is 1. The lowest BCUT2D eigenvalue weighted by atomic mass is 9.93. The zero-order valence-electron chi connectivity index (χ0n) is 11.3. The van der Waals surface area contributed by atoms with Crippen LogP contribution in [0.4, 0.5) is 0 Å². The number of hydrogen-bond donors (Lipinski definition) is 2. The Balaban J connectivity index is 1.55. The van der Waals surface area contributed by atoms with Crippen molar-refractivity contribution < 1.29 is 4.79 Å². The fourth-order valence-electron chi connectivity index (χ4n) is 4.05. The van der Waals surface area contributed by atoms with Crippen molar-refractivity contribution in [3.63, 3.8) is 0 Å². The van der Waals surface area contributed by atoms with Gasteiger partial charge in [0.05, 0.1) is 6.04 Å². The number of piperidine rings is 1. The molecule has 0 radical (unpaired) electrons. The highest BCUT2D eigenvalue weighted by Crippen LogP contribution is 2.37. The van der Waals surface area contributed by atoms with E-state index in [0.717, 1.165) is 25.4 Å². The molecule has 2 aliphatic heterocycles. The smallest absolute Gasteiger partial charge is 0.237 e. The molecule has 4 unspecified atom stereocenters. The summed E-state index contributed by atoms with van der Waals surface area (Å²) in [4.78, 5) is 14.7. The Hall–Kier alpha value is -0.610. The molecule has 2 saturated heterocycles. The SMILES string of the molecule is CN1CCCC(NC(=O)C2NCC3CCCC32)C1. The quantitative estimate of drug-likeness (QED) is 0.755. The molecule has 0 spiro atoms. The second kappa shape index (κ2) is 5.17. The summed E-state index contributed by atoms with van der Waals surface area (Å²) in [6.07, 6.45) is 6.20. The van der Waals surface area contributed by atoms with Crippen LogP contribution in [0.1, 0.15) is 32.1 Å². The third-order valence-electron chi connectivity index (χ3n) is 5.00. The molecule has 0 bridgehead atoms. The van der Waals surface area contributed by atoms with Gasteiger partial charge in [-0.1, -0.05) is 6.42 Å². The molecule has 1 amide bonds. The molecule has 0 aromatic rings. The van der Waals surface area contributed by atoms with Crippen molar-refractivity contribution >= 4 is 5.91 Å². The van der Waals surface area contributed by atoms with Gasteiger partial charge < -0.3 is 15.5 Å². The average Bonchev–Trinajstić information content (AvgIpc) is 2.89. The Bertz CT molecular complexity index is 320. The van der Waals surface area contributed by atoms with E-state index in [1.165, 1.54) is 32.2 Å². The molecule has 2 N–H and O–H groups in total. The Morgan fingerprint density at radius 3 is 3.00 bits per heavy atom. The van der Waals surface area contributed by atoms with Crippen molar-refractivity contribution in [1.82, 2.24) is 15.5 Å². The first-order chi connectivity index (χ1) is 8.74. The minimum absolute atomic E-state index is 0.0877. The number of carbonyl (C=O) groups is 1. The van der Waals surface area contributed by atoms with Gasteiger partial charge in [0, 0.05) is 12.6 Å². The van der Waals surface area contributed by atoms with E-state index in [0.29, 0.717) is 12.0 Å². The largest absolute Gasteiger partial charge is 0.351 e. The third kappa shape index (κ3) is 2.41. The van der Waals surface area contributed by atoms with Gasteiger partial charge in [-0.25, -0.2) is 0 Å². The number of rotatable bonds is 2. The first-order valence-electron chi connectivity index (χ1n) is 7.46. The number of likely N-dealkylation sites (N-methyl/N-ethyl adjacent to an activating group) is 1. The number of nitrogens with one attached hydrogen (secondary N) is 2. The topological polar surface area (TPSA) is 44.4 Å². The number of carbonyl (C=O) groups excluding carboxylic acids is 1. The van der Waals surface area contributed by atoms with Gasteiger partial charge in [0.1, 0.15) is 0 Å². The highest BCUT2D eigenvalue weighted by Gasteiger charge is 2.42. The van der Waals surface area contributed by atoms with Gasteiger partial charge in [-0.2, -0.15) is 0 Å². The third-order valence-corrected chi connectivity index (χ3v) is 5.00. The van der Waals surface area contributed by atoms with E-state index in [1.54, 1.807) is 0 Å². The molecule has 18 heavy (non-hydrogen) atoms. The standard InChI is InChI=1S/C14H25N3O/c1-17-7-3-5-11(9-17)16-14(18)13-12-6-2-4-10(12)8-15-13/h10-13,15H,2-9H2,1H3,(H,16,18). The maximum atomic E-state index is 12.4. The minimum atomic E-state index is 0.0877. The Morgan fingerprint density at radius 1 is 1.28 bits per heavy atom. The monoisotopic (exact) mass is 251 g/mol. The summed E-state index contributed by atoms with van der Waals surface area (Å²) < 4.78 is 0. The van der Waals surface area contributed by atoms with Crippen LogP contribution in [0.15, 0.2) is 0 Å². The molecule has 0 aromatic heterocycles.